The monoisotopic (exact) mass is 943 g/mol. The van der Waals surface area contributed by atoms with Crippen molar-refractivity contribution in [2.24, 2.45) is 0 Å². The van der Waals surface area contributed by atoms with Crippen molar-refractivity contribution in [2.75, 3.05) is 13.2 Å². The van der Waals surface area contributed by atoms with Crippen LogP contribution in [0.4, 0.5) is 0 Å². The van der Waals surface area contributed by atoms with Crippen LogP contribution in [-0.4, -0.2) is 37.2 Å². The van der Waals surface area contributed by atoms with Crippen LogP contribution in [0.5, 0.6) is 0 Å². The Balaban J connectivity index is 4.32. The van der Waals surface area contributed by atoms with E-state index in [0.717, 1.165) is 64.2 Å². The third-order valence-electron chi connectivity index (χ3n) is 13.4. The lowest BCUT2D eigenvalue weighted by atomic mass is 10.0. The van der Waals surface area contributed by atoms with E-state index in [1.54, 1.807) is 0 Å². The summed E-state index contributed by atoms with van der Waals surface area (Å²) in [6.07, 6.45) is 66.0. The molecule has 0 aromatic heterocycles. The molecule has 394 valence electrons. The number of allylic oxidation sites excluding steroid dienone is 4. The third-order valence-corrected chi connectivity index (χ3v) is 13.4. The van der Waals surface area contributed by atoms with Crippen LogP contribution in [0.15, 0.2) is 24.3 Å². The van der Waals surface area contributed by atoms with Crippen molar-refractivity contribution in [1.29, 1.82) is 0 Å². The Bertz CT molecular complexity index is 1080. The van der Waals surface area contributed by atoms with E-state index < -0.39 is 6.10 Å². The van der Waals surface area contributed by atoms with Gasteiger partial charge in [0.25, 0.3) is 0 Å². The molecule has 0 aliphatic heterocycles. The van der Waals surface area contributed by atoms with E-state index in [2.05, 4.69) is 45.1 Å². The second kappa shape index (κ2) is 56.5. The number of carbonyl (C=O) groups is 3. The normalized spacial score (nSPS) is 12.1. The van der Waals surface area contributed by atoms with Crippen LogP contribution < -0.4 is 0 Å². The minimum atomic E-state index is -0.772. The van der Waals surface area contributed by atoms with Crippen LogP contribution in [0, 0.1) is 0 Å². The molecule has 0 spiro atoms. The molecule has 67 heavy (non-hydrogen) atoms. The summed E-state index contributed by atoms with van der Waals surface area (Å²) < 4.78 is 16.9. The second-order valence-corrected chi connectivity index (χ2v) is 20.3. The first-order valence-electron chi connectivity index (χ1n) is 29.8. The molecule has 0 rings (SSSR count). The molecule has 1 unspecified atom stereocenters. The highest BCUT2D eigenvalue weighted by atomic mass is 16.6. The fourth-order valence-electron chi connectivity index (χ4n) is 8.91. The predicted molar refractivity (Wildman–Crippen MR) is 289 cm³/mol. The maximum atomic E-state index is 12.9. The largest absolute Gasteiger partial charge is 0.462 e. The minimum Gasteiger partial charge on any atom is -0.462 e. The van der Waals surface area contributed by atoms with Gasteiger partial charge in [-0.1, -0.05) is 263 Å². The fourth-order valence-corrected chi connectivity index (χ4v) is 8.91. The Kier molecular flexibility index (Phi) is 54.7. The van der Waals surface area contributed by atoms with Gasteiger partial charge in [0.05, 0.1) is 0 Å². The fraction of sp³-hybridized carbons (Fsp3) is 0.885. The summed E-state index contributed by atoms with van der Waals surface area (Å²) in [7, 11) is 0. The lowest BCUT2D eigenvalue weighted by Crippen LogP contribution is -2.30. The topological polar surface area (TPSA) is 78.9 Å². The van der Waals surface area contributed by atoms with Gasteiger partial charge < -0.3 is 14.2 Å². The highest BCUT2D eigenvalue weighted by Crippen LogP contribution is 2.17. The first-order valence-corrected chi connectivity index (χ1v) is 29.8. The van der Waals surface area contributed by atoms with E-state index in [9.17, 15) is 14.4 Å². The number of hydrogen-bond donors (Lipinski definition) is 0. The minimum absolute atomic E-state index is 0.0718. The number of esters is 3. The molecule has 0 aromatic rings. The van der Waals surface area contributed by atoms with Gasteiger partial charge in [-0.05, 0) is 70.6 Å². The number of rotatable bonds is 55. The van der Waals surface area contributed by atoms with E-state index in [1.165, 1.54) is 225 Å². The first kappa shape index (κ1) is 64.9. The van der Waals surface area contributed by atoms with Crippen LogP contribution >= 0.6 is 0 Å². The molecule has 0 amide bonds. The molecule has 0 fully saturated rings. The van der Waals surface area contributed by atoms with Crippen LogP contribution in [-0.2, 0) is 28.6 Å². The molecule has 0 aliphatic rings. The zero-order valence-corrected chi connectivity index (χ0v) is 45.2. The number of ether oxygens (including phenoxy) is 3. The number of unbranched alkanes of at least 4 members (excludes halogenated alkanes) is 40. The molecule has 0 aliphatic carbocycles. The first-order chi connectivity index (χ1) is 33.0. The Labute approximate surface area is 417 Å². The summed E-state index contributed by atoms with van der Waals surface area (Å²) in [6.45, 7) is 6.67. The summed E-state index contributed by atoms with van der Waals surface area (Å²) in [6, 6.07) is 0. The molecule has 6 nitrogen and oxygen atoms in total. The lowest BCUT2D eigenvalue weighted by Gasteiger charge is -2.18. The van der Waals surface area contributed by atoms with Gasteiger partial charge in [-0.2, -0.15) is 0 Å². The molecule has 1 atom stereocenters. The van der Waals surface area contributed by atoms with Crippen molar-refractivity contribution in [3.05, 3.63) is 24.3 Å². The van der Waals surface area contributed by atoms with Crippen LogP contribution in [0.25, 0.3) is 0 Å². The Morgan fingerprint density at radius 2 is 0.493 bits per heavy atom. The summed E-state index contributed by atoms with van der Waals surface area (Å²) in [5, 5.41) is 0. The van der Waals surface area contributed by atoms with Crippen molar-refractivity contribution >= 4 is 17.9 Å². The van der Waals surface area contributed by atoms with E-state index >= 15 is 0 Å². The third kappa shape index (κ3) is 54.7. The maximum Gasteiger partial charge on any atom is 0.306 e. The average molecular weight is 944 g/mol. The zero-order valence-electron chi connectivity index (χ0n) is 45.2. The Hall–Kier alpha value is -2.11. The van der Waals surface area contributed by atoms with Crippen molar-refractivity contribution in [1.82, 2.24) is 0 Å². The summed E-state index contributed by atoms with van der Waals surface area (Å²) >= 11 is 0. The Morgan fingerprint density at radius 3 is 0.761 bits per heavy atom. The molecule has 0 saturated carbocycles. The average Bonchev–Trinajstić information content (AvgIpc) is 3.33. The predicted octanol–water partition coefficient (Wildman–Crippen LogP) is 19.9. The summed E-state index contributed by atoms with van der Waals surface area (Å²) in [5.41, 5.74) is 0. The van der Waals surface area contributed by atoms with Crippen molar-refractivity contribution < 1.29 is 28.6 Å². The van der Waals surface area contributed by atoms with E-state index in [1.807, 2.05) is 0 Å². The SMILES string of the molecule is CCCCCC/C=C\CCCCCCCC(=O)OCC(COC(=O)CCCCCCCCC/C=C\CCCCCCCCC)OC(=O)CCCCCCCCCCCCCCCCCCCC. The van der Waals surface area contributed by atoms with Gasteiger partial charge in [0.1, 0.15) is 13.2 Å². The summed E-state index contributed by atoms with van der Waals surface area (Å²) in [5.74, 6) is -0.863. The molecule has 0 N–H and O–H groups in total. The van der Waals surface area contributed by atoms with Gasteiger partial charge in [-0.15, -0.1) is 0 Å². The van der Waals surface area contributed by atoms with Gasteiger partial charge in [-0.25, -0.2) is 0 Å². The van der Waals surface area contributed by atoms with Gasteiger partial charge in [0.2, 0.25) is 0 Å². The molecule has 0 radical (unpaired) electrons. The molecule has 0 aromatic carbocycles. The smallest absolute Gasteiger partial charge is 0.306 e. The quantitative estimate of drug-likeness (QED) is 0.0262. The maximum absolute atomic E-state index is 12.9. The molecular formula is C61H114O6. The van der Waals surface area contributed by atoms with Crippen molar-refractivity contribution in [3.8, 4) is 0 Å². The van der Waals surface area contributed by atoms with Gasteiger partial charge in [0, 0.05) is 19.3 Å². The van der Waals surface area contributed by atoms with E-state index in [0.29, 0.717) is 19.3 Å². The van der Waals surface area contributed by atoms with Crippen LogP contribution in [0.3, 0.4) is 0 Å². The molecule has 0 bridgehead atoms. The standard InChI is InChI=1S/C61H114O6/c1-4-7-10-13-16-19-22-25-27-29-31-33-36-39-42-45-48-51-54-60(63)66-57-58(56-65-59(62)53-50-47-44-41-38-35-24-21-18-15-12-9-6-3)67-61(64)55-52-49-46-43-40-37-34-32-30-28-26-23-20-17-14-11-8-5-2/h21,24,27,29,58H,4-20,22-23,25-26,28,30-57H2,1-3H3/b24-21-,29-27-. The summed E-state index contributed by atoms with van der Waals surface area (Å²) in [4.78, 5) is 38.2. The number of carbonyl (C=O) groups excluding carboxylic acids is 3. The van der Waals surface area contributed by atoms with Gasteiger partial charge in [-0.3, -0.25) is 14.4 Å². The zero-order chi connectivity index (χ0) is 48.6. The van der Waals surface area contributed by atoms with Crippen LogP contribution in [0.1, 0.15) is 329 Å². The Morgan fingerprint density at radius 1 is 0.284 bits per heavy atom. The second-order valence-electron chi connectivity index (χ2n) is 20.3. The lowest BCUT2D eigenvalue weighted by molar-refractivity contribution is -0.167. The molecule has 0 heterocycles. The molecular weight excluding hydrogens is 829 g/mol. The highest BCUT2D eigenvalue weighted by Gasteiger charge is 2.19. The van der Waals surface area contributed by atoms with E-state index in [4.69, 9.17) is 14.2 Å². The molecule has 6 heteroatoms. The van der Waals surface area contributed by atoms with Gasteiger partial charge >= 0.3 is 17.9 Å². The molecule has 0 saturated heterocycles. The van der Waals surface area contributed by atoms with Crippen molar-refractivity contribution in [3.63, 3.8) is 0 Å². The van der Waals surface area contributed by atoms with Crippen LogP contribution in [0.2, 0.25) is 0 Å². The van der Waals surface area contributed by atoms with Gasteiger partial charge in [0.15, 0.2) is 6.10 Å². The number of hydrogen-bond acceptors (Lipinski definition) is 6. The highest BCUT2D eigenvalue weighted by molar-refractivity contribution is 5.71. The van der Waals surface area contributed by atoms with E-state index in [-0.39, 0.29) is 31.1 Å². The van der Waals surface area contributed by atoms with Crippen molar-refractivity contribution in [2.45, 2.75) is 335 Å².